The van der Waals surface area contributed by atoms with Crippen LogP contribution in [0.2, 0.25) is 0 Å². The van der Waals surface area contributed by atoms with E-state index in [0.717, 1.165) is 5.56 Å². The minimum absolute atomic E-state index is 0.179. The van der Waals surface area contributed by atoms with Crippen LogP contribution < -0.4 is 0 Å². The molecule has 0 aliphatic rings. The number of rotatable bonds is 4. The molecule has 0 amide bonds. The van der Waals surface area contributed by atoms with Crippen LogP contribution in [-0.4, -0.2) is 22.4 Å². The highest BCUT2D eigenvalue weighted by Gasteiger charge is 2.17. The minimum atomic E-state index is -0.890. The van der Waals surface area contributed by atoms with Gasteiger partial charge in [0, 0.05) is 7.11 Å². The molecule has 2 aromatic rings. The van der Waals surface area contributed by atoms with Crippen LogP contribution in [-0.2, 0) is 11.3 Å². The number of aliphatic hydroxyl groups excluding tert-OH is 1. The van der Waals surface area contributed by atoms with E-state index in [-0.39, 0.29) is 12.5 Å². The van der Waals surface area contributed by atoms with Gasteiger partial charge in [-0.1, -0.05) is 35.5 Å². The molecule has 1 heterocycles. The summed E-state index contributed by atoms with van der Waals surface area (Å²) in [6, 6.07) is 9.14. The predicted octanol–water partition coefficient (Wildman–Crippen LogP) is 1.30. The molecule has 0 bridgehead atoms. The van der Waals surface area contributed by atoms with Gasteiger partial charge < -0.3 is 14.4 Å². The molecule has 16 heavy (non-hydrogen) atoms. The number of aromatic nitrogens is 2. The van der Waals surface area contributed by atoms with Gasteiger partial charge >= 0.3 is 0 Å². The van der Waals surface area contributed by atoms with Gasteiger partial charge in [0.2, 0.25) is 0 Å². The highest BCUT2D eigenvalue weighted by atomic mass is 16.5. The van der Waals surface area contributed by atoms with Crippen molar-refractivity contribution >= 4 is 0 Å². The molecule has 0 aliphatic carbocycles. The van der Waals surface area contributed by atoms with Crippen molar-refractivity contribution in [3.05, 3.63) is 47.6 Å². The zero-order valence-corrected chi connectivity index (χ0v) is 8.83. The molecule has 1 unspecified atom stereocenters. The largest absolute Gasteiger partial charge is 0.378 e. The van der Waals surface area contributed by atoms with Gasteiger partial charge in [-0.05, 0) is 5.56 Å². The highest BCUT2D eigenvalue weighted by molar-refractivity contribution is 5.21. The summed E-state index contributed by atoms with van der Waals surface area (Å²) in [4.78, 5) is 4.02. The molecule has 0 radical (unpaired) electrons. The summed E-state index contributed by atoms with van der Waals surface area (Å²) in [5.74, 6) is 0.603. The van der Waals surface area contributed by atoms with Gasteiger partial charge in [0.1, 0.15) is 6.61 Å². The molecular formula is C11H12N2O3. The van der Waals surface area contributed by atoms with Gasteiger partial charge in [-0.2, -0.15) is 4.98 Å². The molecule has 2 rings (SSSR count). The summed E-state index contributed by atoms with van der Waals surface area (Å²) in [5, 5.41) is 13.6. The fourth-order valence-electron chi connectivity index (χ4n) is 1.34. The van der Waals surface area contributed by atoms with Crippen LogP contribution >= 0.6 is 0 Å². The smallest absolute Gasteiger partial charge is 0.260 e. The van der Waals surface area contributed by atoms with E-state index in [0.29, 0.717) is 5.82 Å². The number of hydrogen-bond acceptors (Lipinski definition) is 5. The fourth-order valence-corrected chi connectivity index (χ4v) is 1.34. The first-order valence-electron chi connectivity index (χ1n) is 4.85. The number of methoxy groups -OCH3 is 1. The zero-order valence-electron chi connectivity index (χ0n) is 8.83. The topological polar surface area (TPSA) is 68.4 Å². The molecule has 1 N–H and O–H groups in total. The van der Waals surface area contributed by atoms with E-state index in [2.05, 4.69) is 10.1 Å². The van der Waals surface area contributed by atoms with Gasteiger partial charge in [-0.25, -0.2) is 0 Å². The number of nitrogens with zero attached hydrogens (tertiary/aromatic N) is 2. The number of aliphatic hydroxyl groups is 1. The lowest BCUT2D eigenvalue weighted by Crippen LogP contribution is -2.00. The van der Waals surface area contributed by atoms with E-state index in [1.807, 2.05) is 18.2 Å². The van der Waals surface area contributed by atoms with E-state index in [1.54, 1.807) is 19.2 Å². The van der Waals surface area contributed by atoms with Crippen molar-refractivity contribution in [3.63, 3.8) is 0 Å². The molecule has 5 nitrogen and oxygen atoms in total. The third kappa shape index (κ3) is 2.26. The average Bonchev–Trinajstić information content (AvgIpc) is 2.78. The Morgan fingerprint density at radius 2 is 2.12 bits per heavy atom. The van der Waals surface area contributed by atoms with E-state index >= 15 is 0 Å². The fraction of sp³-hybridized carbons (Fsp3) is 0.273. The van der Waals surface area contributed by atoms with Crippen molar-refractivity contribution in [2.75, 3.05) is 7.11 Å². The number of hydrogen-bond donors (Lipinski definition) is 1. The van der Waals surface area contributed by atoms with Crippen LogP contribution in [0.15, 0.2) is 34.9 Å². The molecular weight excluding hydrogens is 208 g/mol. The van der Waals surface area contributed by atoms with E-state index in [4.69, 9.17) is 9.26 Å². The molecule has 0 fully saturated rings. The van der Waals surface area contributed by atoms with Crippen LogP contribution in [0.25, 0.3) is 0 Å². The van der Waals surface area contributed by atoms with E-state index in [1.165, 1.54) is 0 Å². The Morgan fingerprint density at radius 1 is 1.38 bits per heavy atom. The van der Waals surface area contributed by atoms with Gasteiger partial charge in [0.15, 0.2) is 11.9 Å². The minimum Gasteiger partial charge on any atom is -0.378 e. The molecule has 1 aromatic heterocycles. The number of benzene rings is 1. The van der Waals surface area contributed by atoms with Gasteiger partial charge in [0.05, 0.1) is 0 Å². The van der Waals surface area contributed by atoms with Gasteiger partial charge in [-0.3, -0.25) is 0 Å². The Hall–Kier alpha value is -1.72. The molecule has 5 heteroatoms. The monoisotopic (exact) mass is 220 g/mol. The van der Waals surface area contributed by atoms with Crippen LogP contribution in [0.3, 0.4) is 0 Å². The number of ether oxygens (including phenoxy) is 1. The zero-order chi connectivity index (χ0) is 11.4. The van der Waals surface area contributed by atoms with Crippen molar-refractivity contribution in [1.82, 2.24) is 10.1 Å². The van der Waals surface area contributed by atoms with E-state index in [9.17, 15) is 5.11 Å². The normalized spacial score (nSPS) is 12.6. The Kier molecular flexibility index (Phi) is 3.28. The maximum Gasteiger partial charge on any atom is 0.260 e. The molecule has 0 saturated carbocycles. The summed E-state index contributed by atoms with van der Waals surface area (Å²) in [5.41, 5.74) is 0.718. The first kappa shape index (κ1) is 10.8. The van der Waals surface area contributed by atoms with Gasteiger partial charge in [-0.15, -0.1) is 0 Å². The second-order valence-electron chi connectivity index (χ2n) is 3.30. The third-order valence-corrected chi connectivity index (χ3v) is 2.11. The maximum absolute atomic E-state index is 9.94. The van der Waals surface area contributed by atoms with Crippen molar-refractivity contribution in [3.8, 4) is 0 Å². The molecule has 0 saturated heterocycles. The van der Waals surface area contributed by atoms with Crippen molar-refractivity contribution in [2.24, 2.45) is 0 Å². The first-order chi connectivity index (χ1) is 7.81. The second kappa shape index (κ2) is 4.87. The molecule has 1 aromatic carbocycles. The van der Waals surface area contributed by atoms with E-state index < -0.39 is 6.10 Å². The predicted molar refractivity (Wildman–Crippen MR) is 55.5 cm³/mol. The second-order valence-corrected chi connectivity index (χ2v) is 3.30. The van der Waals surface area contributed by atoms with Crippen LogP contribution in [0.4, 0.5) is 0 Å². The van der Waals surface area contributed by atoms with Crippen molar-refractivity contribution in [1.29, 1.82) is 0 Å². The Morgan fingerprint density at radius 3 is 2.81 bits per heavy atom. The first-order valence-corrected chi connectivity index (χ1v) is 4.85. The molecule has 84 valence electrons. The Labute approximate surface area is 92.7 Å². The summed E-state index contributed by atoms with van der Waals surface area (Å²) in [7, 11) is 1.55. The summed E-state index contributed by atoms with van der Waals surface area (Å²) < 4.78 is 9.80. The average molecular weight is 220 g/mol. The lowest BCUT2D eigenvalue weighted by molar-refractivity contribution is 0.166. The lowest BCUT2D eigenvalue weighted by Gasteiger charge is -2.04. The lowest BCUT2D eigenvalue weighted by atomic mass is 10.1. The van der Waals surface area contributed by atoms with Crippen LogP contribution in [0.1, 0.15) is 23.4 Å². The summed E-state index contributed by atoms with van der Waals surface area (Å²) >= 11 is 0. The van der Waals surface area contributed by atoms with Crippen molar-refractivity contribution < 1.29 is 14.4 Å². The van der Waals surface area contributed by atoms with Crippen molar-refractivity contribution in [2.45, 2.75) is 12.7 Å². The molecule has 0 aliphatic heterocycles. The Balaban J connectivity index is 2.17. The van der Waals surface area contributed by atoms with Gasteiger partial charge in [0.25, 0.3) is 5.89 Å². The SMILES string of the molecule is COCc1noc(C(O)c2ccccc2)n1. The Bertz CT molecular complexity index is 442. The summed E-state index contributed by atoms with van der Waals surface area (Å²) in [6.45, 7) is 0.269. The molecule has 1 atom stereocenters. The quantitative estimate of drug-likeness (QED) is 0.841. The standard InChI is InChI=1S/C11H12N2O3/c1-15-7-9-12-11(16-13-9)10(14)8-5-3-2-4-6-8/h2-6,10,14H,7H2,1H3. The maximum atomic E-state index is 9.94. The summed E-state index contributed by atoms with van der Waals surface area (Å²) in [6.07, 6.45) is -0.890. The molecule has 0 spiro atoms. The van der Waals surface area contributed by atoms with Crippen LogP contribution in [0.5, 0.6) is 0 Å². The highest BCUT2D eigenvalue weighted by Crippen LogP contribution is 2.19. The van der Waals surface area contributed by atoms with Crippen LogP contribution in [0, 0.1) is 0 Å². The third-order valence-electron chi connectivity index (χ3n) is 2.11.